The maximum Gasteiger partial charge on any atom is 0.0714 e. The van der Waals surface area contributed by atoms with Gasteiger partial charge in [0.25, 0.3) is 0 Å². The maximum absolute atomic E-state index is 2.50. The summed E-state index contributed by atoms with van der Waals surface area (Å²) in [6.07, 6.45) is 0. The van der Waals surface area contributed by atoms with E-state index in [1.165, 1.54) is 116 Å². The fraction of sp³-hybridized carbons (Fsp3) is 0.0149. The average molecular weight is 890 g/mol. The zero-order valence-electron chi connectivity index (χ0n) is 38.2. The third-order valence-corrected chi connectivity index (χ3v) is 15.3. The number of hydrogen-bond donors (Lipinski definition) is 0. The first kappa shape index (κ1) is 38.9. The van der Waals surface area contributed by atoms with Crippen LogP contribution in [0.3, 0.4) is 0 Å². The molecule has 3 nitrogen and oxygen atoms in total. The Morgan fingerprint density at radius 1 is 0.229 bits per heavy atom. The molecule has 0 saturated heterocycles. The quantitative estimate of drug-likeness (QED) is 0.158. The van der Waals surface area contributed by atoms with Crippen molar-refractivity contribution in [2.24, 2.45) is 0 Å². The van der Waals surface area contributed by atoms with Crippen molar-refractivity contribution in [2.45, 2.75) is 5.41 Å². The molecule has 0 N–H and O–H groups in total. The summed E-state index contributed by atoms with van der Waals surface area (Å²) < 4.78 is 7.34. The van der Waals surface area contributed by atoms with Gasteiger partial charge < -0.3 is 13.7 Å². The van der Waals surface area contributed by atoms with Gasteiger partial charge in [0.2, 0.25) is 0 Å². The van der Waals surface area contributed by atoms with Crippen LogP contribution in [-0.2, 0) is 5.41 Å². The molecule has 11 aromatic carbocycles. The molecule has 3 heterocycles. The van der Waals surface area contributed by atoms with Gasteiger partial charge in [-0.05, 0) is 123 Å². The standard InChI is InChI=1S/C67H43N3/c1-4-18-46(19-5-1)67(47-20-6-2-7-21-47)59-28-14-10-24-51(59)52-36-34-49(42-60(52)67)70-61-29-15-11-25-53(61)56-37-35-50(43-66(56)70)69-63-31-17-13-27-55(63)58-41-45(33-39-65(58)69)44-32-38-64-57(40-44)54-26-12-16-30-62(54)68(64)48-22-8-3-9-23-48/h1-43H. The Balaban J connectivity index is 0.919. The van der Waals surface area contributed by atoms with Crippen molar-refractivity contribution in [1.82, 2.24) is 13.7 Å². The summed E-state index contributed by atoms with van der Waals surface area (Å²) in [7, 11) is 0. The lowest BCUT2D eigenvalue weighted by Gasteiger charge is -2.34. The first-order chi connectivity index (χ1) is 34.7. The molecule has 3 heteroatoms. The Morgan fingerprint density at radius 3 is 1.24 bits per heavy atom. The minimum atomic E-state index is -0.497. The van der Waals surface area contributed by atoms with Gasteiger partial charge in [0.05, 0.1) is 38.5 Å². The fourth-order valence-corrected chi connectivity index (χ4v) is 12.4. The third-order valence-electron chi connectivity index (χ3n) is 15.3. The highest BCUT2D eigenvalue weighted by Gasteiger charge is 2.46. The van der Waals surface area contributed by atoms with Gasteiger partial charge >= 0.3 is 0 Å². The van der Waals surface area contributed by atoms with Gasteiger partial charge in [0.1, 0.15) is 0 Å². The van der Waals surface area contributed by atoms with Crippen molar-refractivity contribution < 1.29 is 0 Å². The molecule has 15 rings (SSSR count). The monoisotopic (exact) mass is 889 g/mol. The SMILES string of the molecule is c1ccc(-n2c3ccccc3c3cc(-c4ccc5c(c4)c4ccccc4n5-c4ccc5c6ccccc6n(-c6ccc7c(c6)C(c6ccccc6)(c6ccccc6)c6ccccc6-7)c5c4)ccc32)cc1. The number of para-hydroxylation sites is 4. The van der Waals surface area contributed by atoms with Crippen LogP contribution in [0.5, 0.6) is 0 Å². The van der Waals surface area contributed by atoms with Crippen molar-refractivity contribution >= 4 is 65.4 Å². The van der Waals surface area contributed by atoms with E-state index in [2.05, 4.69) is 275 Å². The van der Waals surface area contributed by atoms with Crippen LogP contribution < -0.4 is 0 Å². The second-order valence-electron chi connectivity index (χ2n) is 18.8. The molecular weight excluding hydrogens is 847 g/mol. The summed E-state index contributed by atoms with van der Waals surface area (Å²) in [5.74, 6) is 0. The molecule has 0 aliphatic heterocycles. The van der Waals surface area contributed by atoms with Crippen LogP contribution in [0.4, 0.5) is 0 Å². The third kappa shape index (κ3) is 5.40. The number of aromatic nitrogens is 3. The topological polar surface area (TPSA) is 14.8 Å². The molecule has 326 valence electrons. The van der Waals surface area contributed by atoms with Crippen molar-refractivity contribution in [3.63, 3.8) is 0 Å². The van der Waals surface area contributed by atoms with E-state index in [9.17, 15) is 0 Å². The van der Waals surface area contributed by atoms with Gasteiger partial charge in [-0.2, -0.15) is 0 Å². The first-order valence-corrected chi connectivity index (χ1v) is 24.3. The van der Waals surface area contributed by atoms with E-state index in [1.54, 1.807) is 0 Å². The summed E-state index contributed by atoms with van der Waals surface area (Å²) in [5.41, 5.74) is 20.2. The van der Waals surface area contributed by atoms with Crippen LogP contribution in [-0.4, -0.2) is 13.7 Å². The molecule has 0 atom stereocenters. The molecule has 1 aliphatic carbocycles. The van der Waals surface area contributed by atoms with Crippen LogP contribution in [0, 0.1) is 0 Å². The molecule has 0 spiro atoms. The van der Waals surface area contributed by atoms with Gasteiger partial charge in [0, 0.05) is 49.4 Å². The predicted molar refractivity (Wildman–Crippen MR) is 292 cm³/mol. The molecule has 3 aromatic heterocycles. The number of hydrogen-bond acceptors (Lipinski definition) is 0. The van der Waals surface area contributed by atoms with E-state index in [0.717, 1.165) is 11.4 Å². The van der Waals surface area contributed by atoms with Crippen LogP contribution in [0.25, 0.3) is 105 Å². The summed E-state index contributed by atoms with van der Waals surface area (Å²) in [4.78, 5) is 0. The number of nitrogens with zero attached hydrogens (tertiary/aromatic N) is 3. The van der Waals surface area contributed by atoms with Crippen molar-refractivity contribution in [3.05, 3.63) is 283 Å². The predicted octanol–water partition coefficient (Wildman–Crippen LogP) is 17.0. The van der Waals surface area contributed by atoms with Crippen LogP contribution in [0.1, 0.15) is 22.3 Å². The van der Waals surface area contributed by atoms with Crippen molar-refractivity contribution in [2.75, 3.05) is 0 Å². The summed E-state index contributed by atoms with van der Waals surface area (Å²) in [5, 5.41) is 7.44. The van der Waals surface area contributed by atoms with Gasteiger partial charge in [0.15, 0.2) is 0 Å². The van der Waals surface area contributed by atoms with Crippen molar-refractivity contribution in [3.8, 4) is 39.3 Å². The molecular formula is C67H43N3. The van der Waals surface area contributed by atoms with Gasteiger partial charge in [-0.25, -0.2) is 0 Å². The normalized spacial score (nSPS) is 13.0. The second-order valence-corrected chi connectivity index (χ2v) is 18.8. The number of benzene rings is 11. The Morgan fingerprint density at radius 2 is 0.643 bits per heavy atom. The number of rotatable bonds is 6. The highest BCUT2D eigenvalue weighted by molar-refractivity contribution is 6.14. The van der Waals surface area contributed by atoms with Crippen LogP contribution in [0.15, 0.2) is 261 Å². The highest BCUT2D eigenvalue weighted by atomic mass is 15.0. The molecule has 0 amide bonds. The van der Waals surface area contributed by atoms with Gasteiger partial charge in [-0.1, -0.05) is 182 Å². The zero-order chi connectivity index (χ0) is 45.9. The molecule has 14 aromatic rings. The Kier molecular flexibility index (Phi) is 8.28. The van der Waals surface area contributed by atoms with Crippen LogP contribution >= 0.6 is 0 Å². The lowest BCUT2D eigenvalue weighted by atomic mass is 9.67. The second kappa shape index (κ2) is 14.9. The molecule has 0 fully saturated rings. The molecule has 0 bridgehead atoms. The summed E-state index contributed by atoms with van der Waals surface area (Å²) >= 11 is 0. The highest BCUT2D eigenvalue weighted by Crippen LogP contribution is 2.56. The Labute approximate surface area is 405 Å². The maximum atomic E-state index is 2.50. The Bertz CT molecular complexity index is 4360. The lowest BCUT2D eigenvalue weighted by Crippen LogP contribution is -2.28. The van der Waals surface area contributed by atoms with Crippen LogP contribution in [0.2, 0.25) is 0 Å². The Hall–Kier alpha value is -9.18. The summed E-state index contributed by atoms with van der Waals surface area (Å²) in [6, 6.07) is 96.6. The van der Waals surface area contributed by atoms with E-state index in [0.29, 0.717) is 0 Å². The largest absolute Gasteiger partial charge is 0.309 e. The van der Waals surface area contributed by atoms with E-state index in [1.807, 2.05) is 0 Å². The van der Waals surface area contributed by atoms with Gasteiger partial charge in [-0.15, -0.1) is 0 Å². The lowest BCUT2D eigenvalue weighted by molar-refractivity contribution is 0.767. The molecule has 0 radical (unpaired) electrons. The molecule has 0 unspecified atom stereocenters. The molecule has 0 saturated carbocycles. The van der Waals surface area contributed by atoms with Crippen molar-refractivity contribution in [1.29, 1.82) is 0 Å². The smallest absolute Gasteiger partial charge is 0.0714 e. The minimum Gasteiger partial charge on any atom is -0.309 e. The molecule has 70 heavy (non-hydrogen) atoms. The zero-order valence-corrected chi connectivity index (χ0v) is 38.2. The fourth-order valence-electron chi connectivity index (χ4n) is 12.4. The first-order valence-electron chi connectivity index (χ1n) is 24.3. The summed E-state index contributed by atoms with van der Waals surface area (Å²) in [6.45, 7) is 0. The molecule has 1 aliphatic rings. The average Bonchev–Trinajstić information content (AvgIpc) is 4.15. The van der Waals surface area contributed by atoms with E-state index in [4.69, 9.17) is 0 Å². The minimum absolute atomic E-state index is 0.497. The van der Waals surface area contributed by atoms with E-state index in [-0.39, 0.29) is 0 Å². The van der Waals surface area contributed by atoms with E-state index >= 15 is 0 Å². The number of fused-ring (bicyclic) bond motifs is 12. The van der Waals surface area contributed by atoms with Gasteiger partial charge in [-0.3, -0.25) is 0 Å². The van der Waals surface area contributed by atoms with E-state index < -0.39 is 5.41 Å².